The zero-order valence-electron chi connectivity index (χ0n) is 18.8. The van der Waals surface area contributed by atoms with E-state index in [1.165, 1.54) is 11.6 Å². The monoisotopic (exact) mass is 389 g/mol. The Kier molecular flexibility index (Phi) is 9.67. The smallest absolute Gasteiger partial charge is 0.339 e. The van der Waals surface area contributed by atoms with Crippen LogP contribution in [0.2, 0.25) is 0 Å². The second-order valence-electron chi connectivity index (χ2n) is 7.60. The van der Waals surface area contributed by atoms with Gasteiger partial charge < -0.3 is 15.3 Å². The van der Waals surface area contributed by atoms with E-state index in [1.807, 2.05) is 13.0 Å². The zero-order valence-corrected chi connectivity index (χ0v) is 17.8. The number of hydrogen-bond acceptors (Lipinski definition) is 4. The first-order valence-electron chi connectivity index (χ1n) is 10.8. The molecule has 1 aromatic carbocycles. The number of rotatable bonds is 12. The van der Waals surface area contributed by atoms with Gasteiger partial charge in [0.15, 0.2) is 0 Å². The van der Waals surface area contributed by atoms with E-state index < -0.39 is 5.97 Å². The maximum absolute atomic E-state index is 12.1. The highest BCUT2D eigenvalue weighted by Crippen LogP contribution is 2.35. The van der Waals surface area contributed by atoms with Gasteiger partial charge in [-0.3, -0.25) is 0 Å². The highest BCUT2D eigenvalue weighted by atomic mass is 16.4. The van der Waals surface area contributed by atoms with Crippen molar-refractivity contribution in [2.45, 2.75) is 85.5 Å². The second kappa shape index (κ2) is 12.3. The summed E-state index contributed by atoms with van der Waals surface area (Å²) in [7, 11) is 0. The molecule has 0 saturated carbocycles. The van der Waals surface area contributed by atoms with Crippen molar-refractivity contribution in [3.8, 4) is 11.5 Å². The summed E-state index contributed by atoms with van der Waals surface area (Å²) in [4.78, 5) is 12.1. The van der Waals surface area contributed by atoms with Crippen molar-refractivity contribution in [3.63, 3.8) is 0 Å². The van der Waals surface area contributed by atoms with E-state index in [0.717, 1.165) is 50.5 Å². The number of aromatic hydroxyl groups is 2. The summed E-state index contributed by atoms with van der Waals surface area (Å²) in [6.45, 7) is 8.41. The molecule has 0 atom stereocenters. The quantitative estimate of drug-likeness (QED) is 0.280. The standard InChI is InChI=1S/C24H36O4/c1-5-7-8-13-19-16-21(25)20(23(26)22(19)24(27)28)15-14-18(4)12-9-11-17(3)10-6-2/h11,14,16,25-26H,5-10,12-13,15H2,1-4H3,(H,27,28)/b17-11+,18-14+/i/hD. The number of allylic oxidation sites excluding steroid dienone is 4. The average molecular weight is 390 g/mol. The van der Waals surface area contributed by atoms with E-state index in [4.69, 9.17) is 1.43 Å². The topological polar surface area (TPSA) is 77.8 Å². The summed E-state index contributed by atoms with van der Waals surface area (Å²) >= 11 is 0. The van der Waals surface area contributed by atoms with Crippen LogP contribution < -0.4 is 0 Å². The van der Waals surface area contributed by atoms with E-state index in [2.05, 4.69) is 32.0 Å². The van der Waals surface area contributed by atoms with E-state index in [-0.39, 0.29) is 17.1 Å². The summed E-state index contributed by atoms with van der Waals surface area (Å²) in [5.41, 5.74) is 3.36. The Morgan fingerprint density at radius 1 is 1.07 bits per heavy atom. The van der Waals surface area contributed by atoms with Crippen LogP contribution in [0.3, 0.4) is 0 Å². The van der Waals surface area contributed by atoms with Crippen molar-refractivity contribution < 1.29 is 20.1 Å². The van der Waals surface area contributed by atoms with Gasteiger partial charge in [-0.25, -0.2) is 4.79 Å². The fraction of sp³-hybridized carbons (Fsp3) is 0.542. The number of carbonyl (C=O) groups is 1. The fourth-order valence-corrected chi connectivity index (χ4v) is 3.36. The summed E-state index contributed by atoms with van der Waals surface area (Å²) in [6.07, 6.45) is 12.0. The molecule has 0 aromatic heterocycles. The third-order valence-corrected chi connectivity index (χ3v) is 5.05. The van der Waals surface area contributed by atoms with E-state index in [0.29, 0.717) is 24.0 Å². The van der Waals surface area contributed by atoms with Gasteiger partial charge in [-0.15, -0.1) is 0 Å². The predicted octanol–water partition coefficient (Wildman–Crippen LogP) is 6.54. The maximum atomic E-state index is 12.1. The number of aryl methyl sites for hydroxylation is 1. The van der Waals surface area contributed by atoms with Crippen molar-refractivity contribution in [1.82, 2.24) is 0 Å². The van der Waals surface area contributed by atoms with Crippen LogP contribution in [-0.2, 0) is 12.8 Å². The first-order chi connectivity index (χ1) is 13.8. The van der Waals surface area contributed by atoms with Crippen LogP contribution in [-0.4, -0.2) is 21.3 Å². The number of hydrogen-bond donors (Lipinski definition) is 3. The molecule has 1 aromatic rings. The minimum atomic E-state index is -0.896. The third kappa shape index (κ3) is 7.41. The van der Waals surface area contributed by atoms with Gasteiger partial charge in [0, 0.05) is 5.56 Å². The summed E-state index contributed by atoms with van der Waals surface area (Å²) in [6, 6.07) is 1.52. The Morgan fingerprint density at radius 3 is 2.43 bits per heavy atom. The van der Waals surface area contributed by atoms with E-state index in [9.17, 15) is 15.0 Å². The van der Waals surface area contributed by atoms with Crippen molar-refractivity contribution >= 4 is 5.97 Å². The third-order valence-electron chi connectivity index (χ3n) is 5.05. The lowest BCUT2D eigenvalue weighted by molar-refractivity contribution is 0.0692. The molecule has 0 heterocycles. The lowest BCUT2D eigenvalue weighted by atomic mass is 9.94. The van der Waals surface area contributed by atoms with Crippen LogP contribution in [0.4, 0.5) is 0 Å². The molecule has 0 bridgehead atoms. The van der Waals surface area contributed by atoms with E-state index in [1.54, 1.807) is 0 Å². The number of aromatic carboxylic acids is 1. The van der Waals surface area contributed by atoms with Crippen LogP contribution in [0.5, 0.6) is 11.5 Å². The predicted molar refractivity (Wildman–Crippen MR) is 115 cm³/mol. The molecule has 4 nitrogen and oxygen atoms in total. The minimum Gasteiger partial charge on any atom is -0.508 e. The average Bonchev–Trinajstić information content (AvgIpc) is 2.67. The number of carboxylic acid groups (broad SMARTS) is 1. The van der Waals surface area contributed by atoms with Crippen LogP contribution >= 0.6 is 0 Å². The molecule has 1 rings (SSSR count). The van der Waals surface area contributed by atoms with Gasteiger partial charge in [0.1, 0.15) is 17.1 Å². The zero-order chi connectivity index (χ0) is 21.8. The minimum absolute atomic E-state index is 0.00641. The molecule has 0 radical (unpaired) electrons. The number of phenolic OH excluding ortho intramolecular Hbond substituents is 1. The molecule has 28 heavy (non-hydrogen) atoms. The highest BCUT2D eigenvalue weighted by molar-refractivity contribution is 5.93. The molecule has 4 heteroatoms. The first-order valence-corrected chi connectivity index (χ1v) is 10.4. The van der Waals surface area contributed by atoms with Gasteiger partial charge in [0.2, 0.25) is 0 Å². The Hall–Kier alpha value is -2.23. The van der Waals surface area contributed by atoms with Gasteiger partial charge in [0.25, 0.3) is 1.43 Å². The van der Waals surface area contributed by atoms with Crippen molar-refractivity contribution in [1.29, 1.82) is 1.43 Å². The lowest BCUT2D eigenvalue weighted by Crippen LogP contribution is -2.05. The molecule has 0 saturated heterocycles. The maximum Gasteiger partial charge on any atom is 0.339 e. The Balaban J connectivity index is 3.00. The van der Waals surface area contributed by atoms with Gasteiger partial charge >= 0.3 is 5.97 Å². The number of carboxylic acids is 1. The molecule has 0 fully saturated rings. The van der Waals surface area contributed by atoms with E-state index >= 15 is 0 Å². The molecule has 0 unspecified atom stereocenters. The molecule has 0 amide bonds. The van der Waals surface area contributed by atoms with Crippen molar-refractivity contribution in [2.75, 3.05) is 0 Å². The molecular weight excluding hydrogens is 352 g/mol. The largest absolute Gasteiger partial charge is 0.508 e. The lowest BCUT2D eigenvalue weighted by Gasteiger charge is -2.14. The van der Waals surface area contributed by atoms with Gasteiger partial charge in [-0.1, -0.05) is 56.4 Å². The normalized spacial score (nSPS) is 12.8. The molecule has 156 valence electrons. The fourth-order valence-electron chi connectivity index (χ4n) is 3.36. The molecule has 0 aliphatic rings. The number of unbranched alkanes of at least 4 members (excludes halogenated alkanes) is 2. The molecule has 0 aliphatic heterocycles. The SMILES string of the molecule is [2H]OC(=O)c1c(CCCCC)cc(O)c(C/C=C(\C)CC/C=C(\C)CCC)c1O. The summed E-state index contributed by atoms with van der Waals surface area (Å²) < 4.78 is 6.95. The molecule has 0 spiro atoms. The molecular formula is C24H36O4. The second-order valence-corrected chi connectivity index (χ2v) is 7.60. The Labute approximate surface area is 171 Å². The van der Waals surface area contributed by atoms with Gasteiger partial charge in [-0.05, 0) is 64.0 Å². The number of benzene rings is 1. The highest BCUT2D eigenvalue weighted by Gasteiger charge is 2.21. The van der Waals surface area contributed by atoms with Crippen LogP contribution in [0, 0.1) is 0 Å². The van der Waals surface area contributed by atoms with Gasteiger partial charge in [-0.2, -0.15) is 0 Å². The summed E-state index contributed by atoms with van der Waals surface area (Å²) in [5.74, 6) is -1.21. The molecule has 3 N–H and O–H groups in total. The van der Waals surface area contributed by atoms with Crippen molar-refractivity contribution in [3.05, 3.63) is 46.1 Å². The Bertz CT molecular complexity index is 735. The molecule has 0 aliphatic carbocycles. The van der Waals surface area contributed by atoms with Gasteiger partial charge in [0.05, 0.1) is 0 Å². The first kappa shape index (κ1) is 22.1. The summed E-state index contributed by atoms with van der Waals surface area (Å²) in [5, 5.41) is 25.2. The van der Waals surface area contributed by atoms with Crippen LogP contribution in [0.15, 0.2) is 29.4 Å². The van der Waals surface area contributed by atoms with Crippen LogP contribution in [0.1, 0.15) is 94.1 Å². The number of phenols is 2. The van der Waals surface area contributed by atoms with Crippen LogP contribution in [0.25, 0.3) is 1.43 Å². The Morgan fingerprint density at radius 2 is 1.79 bits per heavy atom. The van der Waals surface area contributed by atoms with Crippen molar-refractivity contribution in [2.24, 2.45) is 0 Å².